The second-order valence-electron chi connectivity index (χ2n) is 6.88. The Morgan fingerprint density at radius 2 is 1.81 bits per heavy atom. The molecule has 3 aromatic rings. The molecule has 6 heteroatoms. The predicted octanol–water partition coefficient (Wildman–Crippen LogP) is 3.97. The molecule has 0 amide bonds. The van der Waals surface area contributed by atoms with Gasteiger partial charge in [-0.25, -0.2) is 4.68 Å². The lowest BCUT2D eigenvalue weighted by Crippen LogP contribution is -2.20. The van der Waals surface area contributed by atoms with Crippen LogP contribution in [0.4, 0.5) is 0 Å². The first-order valence-electron chi connectivity index (χ1n) is 9.20. The fraction of sp³-hybridized carbons (Fsp3) is 0.400. The van der Waals surface area contributed by atoms with E-state index in [1.165, 1.54) is 43.2 Å². The van der Waals surface area contributed by atoms with E-state index in [9.17, 15) is 4.79 Å². The summed E-state index contributed by atoms with van der Waals surface area (Å²) >= 11 is 0. The molecule has 1 aliphatic rings. The maximum Gasteiger partial charge on any atom is 0.274 e. The maximum atomic E-state index is 12.2. The second kappa shape index (κ2) is 7.23. The summed E-state index contributed by atoms with van der Waals surface area (Å²) in [6.45, 7) is 0. The van der Waals surface area contributed by atoms with Crippen LogP contribution in [-0.4, -0.2) is 20.0 Å². The summed E-state index contributed by atoms with van der Waals surface area (Å²) in [6, 6.07) is 7.34. The molecule has 2 aromatic heterocycles. The predicted molar refractivity (Wildman–Crippen MR) is 101 cm³/mol. The largest absolute Gasteiger partial charge is 0.415 e. The first-order chi connectivity index (χ1) is 12.7. The van der Waals surface area contributed by atoms with Crippen molar-refractivity contribution in [3.05, 3.63) is 46.6 Å². The van der Waals surface area contributed by atoms with E-state index in [4.69, 9.17) is 4.42 Å². The Morgan fingerprint density at radius 3 is 2.58 bits per heavy atom. The van der Waals surface area contributed by atoms with Crippen molar-refractivity contribution in [1.82, 2.24) is 20.0 Å². The Labute approximate surface area is 151 Å². The molecule has 2 heterocycles. The number of rotatable bonds is 3. The van der Waals surface area contributed by atoms with E-state index < -0.39 is 0 Å². The van der Waals surface area contributed by atoms with Crippen LogP contribution in [0.1, 0.15) is 44.4 Å². The molecule has 0 unspecified atom stereocenters. The maximum absolute atomic E-state index is 12.2. The van der Waals surface area contributed by atoms with Crippen LogP contribution in [0.3, 0.4) is 0 Å². The fourth-order valence-electron chi connectivity index (χ4n) is 3.58. The van der Waals surface area contributed by atoms with E-state index in [-0.39, 0.29) is 5.56 Å². The second-order valence-corrected chi connectivity index (χ2v) is 6.88. The van der Waals surface area contributed by atoms with Crippen molar-refractivity contribution < 1.29 is 4.42 Å². The molecule has 0 saturated heterocycles. The minimum Gasteiger partial charge on any atom is -0.415 e. The van der Waals surface area contributed by atoms with Crippen LogP contribution in [0.5, 0.6) is 0 Å². The summed E-state index contributed by atoms with van der Waals surface area (Å²) < 4.78 is 7.12. The third-order valence-electron chi connectivity index (χ3n) is 5.01. The molecule has 0 spiro atoms. The van der Waals surface area contributed by atoms with E-state index in [1.54, 1.807) is 13.1 Å². The van der Waals surface area contributed by atoms with Gasteiger partial charge < -0.3 is 4.42 Å². The van der Waals surface area contributed by atoms with Gasteiger partial charge in [-0.15, -0.1) is 10.2 Å². The molecule has 1 aromatic carbocycles. The number of aryl methyl sites for hydroxylation is 1. The molecule has 0 bridgehead atoms. The number of fused-ring (bicyclic) bond motifs is 1. The molecule has 1 saturated carbocycles. The summed E-state index contributed by atoms with van der Waals surface area (Å²) in [5, 5.41) is 13.9. The third kappa shape index (κ3) is 3.31. The third-order valence-corrected chi connectivity index (χ3v) is 5.01. The Morgan fingerprint density at radius 1 is 1.08 bits per heavy atom. The van der Waals surface area contributed by atoms with Crippen molar-refractivity contribution in [2.45, 2.75) is 38.5 Å². The van der Waals surface area contributed by atoms with E-state index in [2.05, 4.69) is 21.4 Å². The number of nitrogens with zero attached hydrogens (tertiary/aromatic N) is 4. The van der Waals surface area contributed by atoms with Crippen molar-refractivity contribution in [3.8, 4) is 11.6 Å². The quantitative estimate of drug-likeness (QED) is 0.668. The van der Waals surface area contributed by atoms with E-state index in [0.717, 1.165) is 5.39 Å². The number of hydrogen-bond acceptors (Lipinski definition) is 5. The fourth-order valence-corrected chi connectivity index (χ4v) is 3.58. The van der Waals surface area contributed by atoms with Crippen molar-refractivity contribution in [1.29, 1.82) is 0 Å². The lowest BCUT2D eigenvalue weighted by Gasteiger charge is -2.06. The van der Waals surface area contributed by atoms with Gasteiger partial charge in [0.25, 0.3) is 11.4 Å². The van der Waals surface area contributed by atoms with Gasteiger partial charge in [-0.1, -0.05) is 50.0 Å². The van der Waals surface area contributed by atoms with Gasteiger partial charge in [0.15, 0.2) is 5.69 Å². The van der Waals surface area contributed by atoms with Crippen LogP contribution in [-0.2, 0) is 7.05 Å². The highest BCUT2D eigenvalue weighted by atomic mass is 16.4. The molecule has 4 rings (SSSR count). The molecule has 1 fully saturated rings. The van der Waals surface area contributed by atoms with Crippen LogP contribution < -0.4 is 5.56 Å². The summed E-state index contributed by atoms with van der Waals surface area (Å²) in [6.07, 6.45) is 11.8. The van der Waals surface area contributed by atoms with Gasteiger partial charge in [-0.2, -0.15) is 5.10 Å². The SMILES string of the molecule is Cn1nc(-c2nnc(/C=C/C3CCCCCC3)o2)c2ccccc2c1=O. The molecule has 6 nitrogen and oxygen atoms in total. The molecule has 1 aliphatic carbocycles. The minimum absolute atomic E-state index is 0.141. The average Bonchev–Trinajstić information content (AvgIpc) is 2.98. The molecule has 26 heavy (non-hydrogen) atoms. The number of allylic oxidation sites excluding steroid dienone is 1. The normalized spacial score (nSPS) is 16.3. The topological polar surface area (TPSA) is 73.8 Å². The zero-order valence-electron chi connectivity index (χ0n) is 14.9. The standard InChI is InChI=1S/C20H22N4O2/c1-24-20(25)16-11-7-6-10-15(16)18(23-24)19-22-21-17(26-19)13-12-14-8-4-2-3-5-9-14/h6-7,10-14H,2-5,8-9H2,1H3/b13-12+. The average molecular weight is 350 g/mol. The highest BCUT2D eigenvalue weighted by Gasteiger charge is 2.16. The van der Waals surface area contributed by atoms with Gasteiger partial charge in [0.1, 0.15) is 0 Å². The van der Waals surface area contributed by atoms with Crippen LogP contribution in [0, 0.1) is 5.92 Å². The van der Waals surface area contributed by atoms with Crippen LogP contribution in [0.2, 0.25) is 0 Å². The van der Waals surface area contributed by atoms with E-state index >= 15 is 0 Å². The Bertz CT molecular complexity index is 994. The van der Waals surface area contributed by atoms with Gasteiger partial charge >= 0.3 is 0 Å². The van der Waals surface area contributed by atoms with Crippen molar-refractivity contribution >= 4 is 16.8 Å². The first kappa shape index (κ1) is 16.7. The summed E-state index contributed by atoms with van der Waals surface area (Å²) in [4.78, 5) is 12.2. The Balaban J connectivity index is 1.65. The van der Waals surface area contributed by atoms with Crippen LogP contribution in [0.25, 0.3) is 28.4 Å². The number of hydrogen-bond donors (Lipinski definition) is 0. The van der Waals surface area contributed by atoms with Crippen molar-refractivity contribution in [3.63, 3.8) is 0 Å². The molecule has 0 atom stereocenters. The summed E-state index contributed by atoms with van der Waals surface area (Å²) in [5.41, 5.74) is 0.390. The molecule has 134 valence electrons. The van der Waals surface area contributed by atoms with Crippen LogP contribution in [0.15, 0.2) is 39.6 Å². The van der Waals surface area contributed by atoms with Gasteiger partial charge in [0.2, 0.25) is 5.89 Å². The zero-order chi connectivity index (χ0) is 17.9. The van der Waals surface area contributed by atoms with Gasteiger partial charge in [0.05, 0.1) is 5.39 Å². The first-order valence-corrected chi connectivity index (χ1v) is 9.20. The monoisotopic (exact) mass is 350 g/mol. The minimum atomic E-state index is -0.141. The molecule has 0 radical (unpaired) electrons. The molecule has 0 N–H and O–H groups in total. The smallest absolute Gasteiger partial charge is 0.274 e. The molecule has 0 aliphatic heterocycles. The van der Waals surface area contributed by atoms with E-state index in [0.29, 0.717) is 28.8 Å². The van der Waals surface area contributed by atoms with E-state index in [1.807, 2.05) is 24.3 Å². The number of aromatic nitrogens is 4. The molecular weight excluding hydrogens is 328 g/mol. The molecular formula is C20H22N4O2. The summed E-state index contributed by atoms with van der Waals surface area (Å²) in [5.74, 6) is 1.39. The highest BCUT2D eigenvalue weighted by molar-refractivity contribution is 5.91. The Kier molecular flexibility index (Phi) is 4.65. The lowest BCUT2D eigenvalue weighted by atomic mass is 10.00. The van der Waals surface area contributed by atoms with Gasteiger partial charge in [-0.05, 0) is 30.9 Å². The number of benzene rings is 1. The highest BCUT2D eigenvalue weighted by Crippen LogP contribution is 2.26. The van der Waals surface area contributed by atoms with Crippen LogP contribution >= 0.6 is 0 Å². The zero-order valence-corrected chi connectivity index (χ0v) is 14.9. The summed E-state index contributed by atoms with van der Waals surface area (Å²) in [7, 11) is 1.63. The van der Waals surface area contributed by atoms with Gasteiger partial charge in [0, 0.05) is 12.4 Å². The van der Waals surface area contributed by atoms with Crippen molar-refractivity contribution in [2.75, 3.05) is 0 Å². The van der Waals surface area contributed by atoms with Crippen molar-refractivity contribution in [2.24, 2.45) is 13.0 Å². The van der Waals surface area contributed by atoms with Gasteiger partial charge in [-0.3, -0.25) is 4.79 Å². The lowest BCUT2D eigenvalue weighted by molar-refractivity contribution is 0.544. The Hall–Kier alpha value is -2.76.